The zero-order chi connectivity index (χ0) is 17.4. The molecule has 0 atom stereocenters. The smallest absolute Gasteiger partial charge is 0.259 e. The van der Waals surface area contributed by atoms with Crippen molar-refractivity contribution in [1.82, 2.24) is 15.7 Å². The Balaban J connectivity index is 1.80. The van der Waals surface area contributed by atoms with Crippen LogP contribution in [-0.4, -0.2) is 36.7 Å². The first kappa shape index (κ1) is 17.9. The van der Waals surface area contributed by atoms with Gasteiger partial charge in [0.25, 0.3) is 11.8 Å². The third-order valence-electron chi connectivity index (χ3n) is 2.93. The summed E-state index contributed by atoms with van der Waals surface area (Å²) >= 11 is 2.15. The van der Waals surface area contributed by atoms with Crippen LogP contribution in [0.3, 0.4) is 0 Å². The minimum absolute atomic E-state index is 0.168. The lowest BCUT2D eigenvalue weighted by atomic mass is 10.2. The molecule has 1 aromatic carbocycles. The first-order valence-corrected chi connectivity index (χ1v) is 8.01. The van der Waals surface area contributed by atoms with Crippen molar-refractivity contribution in [2.45, 2.75) is 0 Å². The Labute approximate surface area is 152 Å². The summed E-state index contributed by atoms with van der Waals surface area (Å²) in [6, 6.07) is 8.65. The van der Waals surface area contributed by atoms with Gasteiger partial charge in [-0.05, 0) is 58.5 Å². The second-order valence-corrected chi connectivity index (χ2v) is 5.77. The predicted octanol–water partition coefficient (Wildman–Crippen LogP) is 1.57. The van der Waals surface area contributed by atoms with E-state index >= 15 is 0 Å². The largest absolute Gasteiger partial charge is 0.496 e. The van der Waals surface area contributed by atoms with E-state index in [0.29, 0.717) is 5.56 Å². The fraction of sp³-hybridized carbons (Fsp3) is 0.125. The quantitative estimate of drug-likeness (QED) is 0.407. The number of nitrogens with zero attached hydrogens (tertiary/aromatic N) is 2. The molecule has 2 rings (SSSR count). The number of benzene rings is 1. The number of hydrazone groups is 1. The molecular formula is C16H15IN4O3. The second-order valence-electron chi connectivity index (χ2n) is 4.61. The highest BCUT2D eigenvalue weighted by Crippen LogP contribution is 2.20. The molecule has 0 aliphatic heterocycles. The van der Waals surface area contributed by atoms with Gasteiger partial charge < -0.3 is 10.1 Å². The van der Waals surface area contributed by atoms with Gasteiger partial charge in [-0.2, -0.15) is 5.10 Å². The number of methoxy groups -OCH3 is 1. The van der Waals surface area contributed by atoms with Gasteiger partial charge in [-0.3, -0.25) is 14.6 Å². The first-order chi connectivity index (χ1) is 11.6. The molecule has 0 bridgehead atoms. The molecule has 0 aliphatic carbocycles. The maximum Gasteiger partial charge on any atom is 0.259 e. The third kappa shape index (κ3) is 5.30. The van der Waals surface area contributed by atoms with Crippen molar-refractivity contribution in [3.63, 3.8) is 0 Å². The molecule has 0 fully saturated rings. The van der Waals surface area contributed by atoms with Gasteiger partial charge in [0.15, 0.2) is 0 Å². The molecule has 0 spiro atoms. The molecule has 1 heterocycles. The lowest BCUT2D eigenvalue weighted by Gasteiger charge is -2.04. The molecule has 2 amide bonds. The van der Waals surface area contributed by atoms with E-state index in [2.05, 4.69) is 43.4 Å². The molecule has 0 saturated heterocycles. The Hall–Kier alpha value is -2.49. The highest BCUT2D eigenvalue weighted by atomic mass is 127. The summed E-state index contributed by atoms with van der Waals surface area (Å²) in [5.41, 5.74) is 3.62. The van der Waals surface area contributed by atoms with Crippen molar-refractivity contribution < 1.29 is 14.3 Å². The number of ether oxygens (including phenoxy) is 1. The minimum Gasteiger partial charge on any atom is -0.496 e. The zero-order valence-electron chi connectivity index (χ0n) is 12.8. The monoisotopic (exact) mass is 438 g/mol. The topological polar surface area (TPSA) is 92.7 Å². The van der Waals surface area contributed by atoms with Crippen LogP contribution in [0.15, 0.2) is 47.8 Å². The minimum atomic E-state index is -0.420. The van der Waals surface area contributed by atoms with Crippen LogP contribution >= 0.6 is 22.6 Å². The van der Waals surface area contributed by atoms with E-state index in [4.69, 9.17) is 4.74 Å². The van der Waals surface area contributed by atoms with Crippen molar-refractivity contribution in [2.75, 3.05) is 13.7 Å². The van der Waals surface area contributed by atoms with Crippen molar-refractivity contribution in [3.05, 3.63) is 57.4 Å². The van der Waals surface area contributed by atoms with Crippen LogP contribution in [0.25, 0.3) is 0 Å². The fourth-order valence-corrected chi connectivity index (χ4v) is 2.51. The van der Waals surface area contributed by atoms with Crippen LogP contribution in [0.5, 0.6) is 5.75 Å². The van der Waals surface area contributed by atoms with Crippen LogP contribution in [0.4, 0.5) is 0 Å². The van der Waals surface area contributed by atoms with Gasteiger partial charge in [0.2, 0.25) is 0 Å². The van der Waals surface area contributed by atoms with Gasteiger partial charge >= 0.3 is 0 Å². The molecule has 2 N–H and O–H groups in total. The second kappa shape index (κ2) is 8.96. The van der Waals surface area contributed by atoms with Gasteiger partial charge in [-0.25, -0.2) is 5.43 Å². The van der Waals surface area contributed by atoms with Crippen LogP contribution in [0, 0.1) is 3.57 Å². The fourth-order valence-electron chi connectivity index (χ4n) is 1.75. The molecule has 0 saturated carbocycles. The lowest BCUT2D eigenvalue weighted by Crippen LogP contribution is -2.34. The average Bonchev–Trinajstić information content (AvgIpc) is 2.60. The highest BCUT2D eigenvalue weighted by molar-refractivity contribution is 14.1. The molecular weight excluding hydrogens is 423 g/mol. The Morgan fingerprint density at radius 1 is 1.29 bits per heavy atom. The number of hydrogen-bond donors (Lipinski definition) is 2. The SMILES string of the molecule is COc1ccc(/C=N/NC(=O)CNC(=O)c2ccncc2)cc1I. The van der Waals surface area contributed by atoms with Gasteiger partial charge in [-0.1, -0.05) is 0 Å². The van der Waals surface area contributed by atoms with Gasteiger partial charge in [0.1, 0.15) is 5.75 Å². The number of hydrogen-bond acceptors (Lipinski definition) is 5. The summed E-state index contributed by atoms with van der Waals surface area (Å²) in [6.45, 7) is -0.168. The molecule has 1 aromatic heterocycles. The maximum absolute atomic E-state index is 11.8. The van der Waals surface area contributed by atoms with E-state index in [0.717, 1.165) is 14.9 Å². The van der Waals surface area contributed by atoms with Crippen molar-refractivity contribution in [1.29, 1.82) is 0 Å². The molecule has 7 nitrogen and oxygen atoms in total. The Kier molecular flexibility index (Phi) is 6.67. The van der Waals surface area contributed by atoms with E-state index in [1.54, 1.807) is 19.2 Å². The number of nitrogens with one attached hydrogen (secondary N) is 2. The maximum atomic E-state index is 11.8. The number of halogens is 1. The molecule has 24 heavy (non-hydrogen) atoms. The standard InChI is InChI=1S/C16H15IN4O3/c1-24-14-3-2-11(8-13(14)17)9-20-21-15(22)10-19-16(23)12-4-6-18-7-5-12/h2-9H,10H2,1H3,(H,19,23)(H,21,22)/b20-9+. The lowest BCUT2D eigenvalue weighted by molar-refractivity contribution is -0.120. The summed E-state index contributed by atoms with van der Waals surface area (Å²) in [5, 5.41) is 6.36. The number of pyridine rings is 1. The predicted molar refractivity (Wildman–Crippen MR) is 98.0 cm³/mol. The van der Waals surface area contributed by atoms with E-state index in [1.807, 2.05) is 18.2 Å². The van der Waals surface area contributed by atoms with Crippen molar-refractivity contribution in [2.24, 2.45) is 5.10 Å². The zero-order valence-corrected chi connectivity index (χ0v) is 15.0. The van der Waals surface area contributed by atoms with E-state index in [-0.39, 0.29) is 12.5 Å². The number of rotatable bonds is 6. The number of aromatic nitrogens is 1. The van der Waals surface area contributed by atoms with Crippen LogP contribution in [0.1, 0.15) is 15.9 Å². The Bertz CT molecular complexity index is 750. The first-order valence-electron chi connectivity index (χ1n) is 6.94. The number of carbonyl (C=O) groups excluding carboxylic acids is 2. The summed E-state index contributed by atoms with van der Waals surface area (Å²) in [4.78, 5) is 27.3. The molecule has 2 aromatic rings. The van der Waals surface area contributed by atoms with Crippen LogP contribution in [-0.2, 0) is 4.79 Å². The summed E-state index contributed by atoms with van der Waals surface area (Å²) in [6.07, 6.45) is 4.54. The third-order valence-corrected chi connectivity index (χ3v) is 3.77. The van der Waals surface area contributed by atoms with Crippen LogP contribution < -0.4 is 15.5 Å². The summed E-state index contributed by atoms with van der Waals surface area (Å²) < 4.78 is 6.11. The summed E-state index contributed by atoms with van der Waals surface area (Å²) in [7, 11) is 1.60. The van der Waals surface area contributed by atoms with Gasteiger partial charge in [0.05, 0.1) is 23.4 Å². The molecule has 0 aliphatic rings. The van der Waals surface area contributed by atoms with Crippen molar-refractivity contribution >= 4 is 40.6 Å². The normalized spacial score (nSPS) is 10.4. The molecule has 0 unspecified atom stereocenters. The van der Waals surface area contributed by atoms with E-state index in [9.17, 15) is 9.59 Å². The highest BCUT2D eigenvalue weighted by Gasteiger charge is 2.06. The molecule has 124 valence electrons. The summed E-state index contributed by atoms with van der Waals surface area (Å²) in [5.74, 6) is 0.00807. The molecule has 8 heteroatoms. The Morgan fingerprint density at radius 2 is 2.04 bits per heavy atom. The van der Waals surface area contributed by atoms with Gasteiger partial charge in [-0.15, -0.1) is 0 Å². The van der Waals surface area contributed by atoms with E-state index in [1.165, 1.54) is 18.6 Å². The number of carbonyl (C=O) groups is 2. The molecule has 0 radical (unpaired) electrons. The average molecular weight is 438 g/mol. The number of amides is 2. The van der Waals surface area contributed by atoms with E-state index < -0.39 is 5.91 Å². The van der Waals surface area contributed by atoms with Gasteiger partial charge in [0, 0.05) is 18.0 Å². The van der Waals surface area contributed by atoms with Crippen molar-refractivity contribution in [3.8, 4) is 5.75 Å². The Morgan fingerprint density at radius 3 is 2.71 bits per heavy atom. The van der Waals surface area contributed by atoms with Crippen LogP contribution in [0.2, 0.25) is 0 Å².